The molecule has 0 atom stereocenters. The van der Waals surface area contributed by atoms with Gasteiger partial charge in [-0.05, 0) is 0 Å². The van der Waals surface area contributed by atoms with Crippen molar-refractivity contribution in [2.75, 3.05) is 13.1 Å². The van der Waals surface area contributed by atoms with Crippen molar-refractivity contribution in [3.05, 3.63) is 11.2 Å². The van der Waals surface area contributed by atoms with E-state index >= 15 is 0 Å². The molecule has 18 heavy (non-hydrogen) atoms. The Labute approximate surface area is 117 Å². The number of nitrogens with zero attached hydrogens (tertiary/aromatic N) is 3. The predicted octanol–water partition coefficient (Wildman–Crippen LogP) is 0.760. The second kappa shape index (κ2) is 5.96. The summed E-state index contributed by atoms with van der Waals surface area (Å²) in [4.78, 5) is 0.278. The van der Waals surface area contributed by atoms with Crippen molar-refractivity contribution in [1.82, 2.24) is 14.1 Å². The Morgan fingerprint density at radius 3 is 2.67 bits per heavy atom. The van der Waals surface area contributed by atoms with Crippen LogP contribution in [0.3, 0.4) is 0 Å². The lowest BCUT2D eigenvalue weighted by Crippen LogP contribution is -2.34. The molecule has 9 heteroatoms. The third-order valence-corrected chi connectivity index (χ3v) is 5.07. The van der Waals surface area contributed by atoms with Gasteiger partial charge in [0, 0.05) is 26.6 Å². The number of halogens is 1. The zero-order chi connectivity index (χ0) is 13.9. The van der Waals surface area contributed by atoms with Crippen LogP contribution < -0.4 is 5.73 Å². The summed E-state index contributed by atoms with van der Waals surface area (Å²) in [5.74, 6) is 0. The number of sulfonamides is 1. The Morgan fingerprint density at radius 1 is 1.67 bits per heavy atom. The Hall–Kier alpha value is -0.700. The van der Waals surface area contributed by atoms with E-state index in [0.29, 0.717) is 13.0 Å². The normalized spacial score (nSPS) is 12.0. The molecule has 6 nitrogen and oxygen atoms in total. The molecule has 0 aliphatic rings. The average molecular weight is 311 g/mol. The molecule has 0 radical (unpaired) electrons. The summed E-state index contributed by atoms with van der Waals surface area (Å²) in [5, 5.41) is 3.91. The fourth-order valence-corrected chi connectivity index (χ4v) is 3.64. The molecule has 1 aromatic heterocycles. The summed E-state index contributed by atoms with van der Waals surface area (Å²) < 4.78 is 27.3. The highest BCUT2D eigenvalue weighted by Crippen LogP contribution is 2.23. The van der Waals surface area contributed by atoms with Gasteiger partial charge in [0.15, 0.2) is 5.03 Å². The van der Waals surface area contributed by atoms with E-state index in [0.717, 1.165) is 0 Å². The van der Waals surface area contributed by atoms with E-state index in [1.807, 2.05) is 0 Å². The molecular weight excluding hydrogens is 296 g/mol. The molecular formula is C9H15ClN4O2S2. The van der Waals surface area contributed by atoms with Gasteiger partial charge in [0.05, 0.1) is 16.2 Å². The Bertz CT molecular complexity index is 521. The molecule has 0 amide bonds. The van der Waals surface area contributed by atoms with E-state index in [2.05, 4.69) is 5.10 Å². The van der Waals surface area contributed by atoms with Crippen LogP contribution in [0.15, 0.2) is 11.2 Å². The maximum absolute atomic E-state index is 12.4. The molecule has 0 fully saturated rings. The van der Waals surface area contributed by atoms with E-state index in [1.165, 1.54) is 22.2 Å². The van der Waals surface area contributed by atoms with Gasteiger partial charge in [-0.15, -0.1) is 0 Å². The molecule has 1 heterocycles. The fourth-order valence-electron chi connectivity index (χ4n) is 1.50. The number of aromatic nitrogens is 2. The van der Waals surface area contributed by atoms with Gasteiger partial charge in [0.1, 0.15) is 0 Å². The zero-order valence-corrected chi connectivity index (χ0v) is 12.5. The molecule has 0 spiro atoms. The first-order valence-electron chi connectivity index (χ1n) is 5.26. The predicted molar refractivity (Wildman–Crippen MR) is 74.1 cm³/mol. The standard InChI is InChI=1S/C9H15ClN4O2S2/c1-3-14(5-4-8(11)17)18(15,16)9-7(10)6-12-13(9)2/h6H,3-5H2,1-2H3,(H2,11,17). The molecule has 1 rings (SSSR count). The molecule has 0 saturated heterocycles. The van der Waals surface area contributed by atoms with Crippen molar-refractivity contribution >= 4 is 38.8 Å². The average Bonchev–Trinajstić information content (AvgIpc) is 2.58. The highest BCUT2D eigenvalue weighted by molar-refractivity contribution is 7.89. The van der Waals surface area contributed by atoms with Crippen LogP contribution in [0.25, 0.3) is 0 Å². The van der Waals surface area contributed by atoms with Crippen molar-refractivity contribution in [2.24, 2.45) is 12.8 Å². The summed E-state index contributed by atoms with van der Waals surface area (Å²) in [6, 6.07) is 0. The molecule has 0 saturated carbocycles. The second-order valence-corrected chi connectivity index (χ2v) is 6.42. The zero-order valence-electron chi connectivity index (χ0n) is 10.1. The maximum Gasteiger partial charge on any atom is 0.261 e. The monoisotopic (exact) mass is 310 g/mol. The van der Waals surface area contributed by atoms with Crippen LogP contribution in [-0.4, -0.2) is 40.6 Å². The van der Waals surface area contributed by atoms with Gasteiger partial charge in [-0.1, -0.05) is 30.7 Å². The van der Waals surface area contributed by atoms with Crippen molar-refractivity contribution in [1.29, 1.82) is 0 Å². The van der Waals surface area contributed by atoms with E-state index in [9.17, 15) is 8.42 Å². The van der Waals surface area contributed by atoms with Crippen LogP contribution >= 0.6 is 23.8 Å². The first kappa shape index (κ1) is 15.4. The van der Waals surface area contributed by atoms with Crippen LogP contribution in [0.4, 0.5) is 0 Å². The molecule has 0 unspecified atom stereocenters. The number of aryl methyl sites for hydroxylation is 1. The highest BCUT2D eigenvalue weighted by atomic mass is 35.5. The quantitative estimate of drug-likeness (QED) is 0.785. The lowest BCUT2D eigenvalue weighted by molar-refractivity contribution is 0.430. The minimum absolute atomic E-state index is 0.0195. The number of rotatable bonds is 6. The second-order valence-electron chi connectivity index (χ2n) is 3.63. The van der Waals surface area contributed by atoms with Gasteiger partial charge in [-0.3, -0.25) is 4.68 Å². The third-order valence-electron chi connectivity index (χ3n) is 2.39. The maximum atomic E-state index is 12.4. The van der Waals surface area contributed by atoms with E-state index in [4.69, 9.17) is 29.6 Å². The van der Waals surface area contributed by atoms with Crippen LogP contribution in [0.5, 0.6) is 0 Å². The van der Waals surface area contributed by atoms with Crippen LogP contribution in [0.1, 0.15) is 13.3 Å². The van der Waals surface area contributed by atoms with Gasteiger partial charge < -0.3 is 5.73 Å². The van der Waals surface area contributed by atoms with Crippen LogP contribution in [-0.2, 0) is 17.1 Å². The largest absolute Gasteiger partial charge is 0.393 e. The number of thiocarbonyl (C=S) groups is 1. The topological polar surface area (TPSA) is 81.2 Å². The van der Waals surface area contributed by atoms with Crippen molar-refractivity contribution in [3.63, 3.8) is 0 Å². The summed E-state index contributed by atoms with van der Waals surface area (Å²) in [5.41, 5.74) is 5.38. The summed E-state index contributed by atoms with van der Waals surface area (Å²) >= 11 is 10.6. The van der Waals surface area contributed by atoms with Crippen LogP contribution in [0.2, 0.25) is 5.02 Å². The molecule has 0 aliphatic heterocycles. The molecule has 102 valence electrons. The lowest BCUT2D eigenvalue weighted by atomic mass is 10.4. The Kier molecular flexibility index (Phi) is 5.09. The van der Waals surface area contributed by atoms with Crippen molar-refractivity contribution in [2.45, 2.75) is 18.4 Å². The summed E-state index contributed by atoms with van der Waals surface area (Å²) in [6.45, 7) is 2.28. The van der Waals surface area contributed by atoms with Crippen molar-refractivity contribution < 1.29 is 8.42 Å². The highest BCUT2D eigenvalue weighted by Gasteiger charge is 2.28. The van der Waals surface area contributed by atoms with Crippen LogP contribution in [0, 0.1) is 0 Å². The van der Waals surface area contributed by atoms with E-state index in [-0.39, 0.29) is 21.6 Å². The number of hydrogen-bond donors (Lipinski definition) is 1. The minimum atomic E-state index is -3.68. The van der Waals surface area contributed by atoms with Gasteiger partial charge >= 0.3 is 0 Å². The molecule has 2 N–H and O–H groups in total. The third kappa shape index (κ3) is 3.19. The molecule has 0 aliphatic carbocycles. The fraction of sp³-hybridized carbons (Fsp3) is 0.556. The first-order chi connectivity index (χ1) is 8.30. The smallest absolute Gasteiger partial charge is 0.261 e. The lowest BCUT2D eigenvalue weighted by Gasteiger charge is -2.20. The van der Waals surface area contributed by atoms with Crippen molar-refractivity contribution in [3.8, 4) is 0 Å². The SMILES string of the molecule is CCN(CCC(N)=S)S(=O)(=O)c1c(Cl)cnn1C. The summed E-state index contributed by atoms with van der Waals surface area (Å²) in [6.07, 6.45) is 1.63. The van der Waals surface area contributed by atoms with Gasteiger partial charge in [0.25, 0.3) is 10.0 Å². The Morgan fingerprint density at radius 2 is 2.28 bits per heavy atom. The number of nitrogens with two attached hydrogens (primary N) is 1. The first-order valence-corrected chi connectivity index (χ1v) is 7.49. The molecule has 1 aromatic rings. The number of hydrogen-bond acceptors (Lipinski definition) is 4. The van der Waals surface area contributed by atoms with E-state index < -0.39 is 10.0 Å². The van der Waals surface area contributed by atoms with Gasteiger partial charge in [0.2, 0.25) is 0 Å². The molecule has 0 aromatic carbocycles. The van der Waals surface area contributed by atoms with Gasteiger partial charge in [-0.25, -0.2) is 8.42 Å². The van der Waals surface area contributed by atoms with E-state index in [1.54, 1.807) is 6.92 Å². The Balaban J connectivity index is 3.07. The molecule has 0 bridgehead atoms. The van der Waals surface area contributed by atoms with Gasteiger partial charge in [-0.2, -0.15) is 9.40 Å². The summed E-state index contributed by atoms with van der Waals surface area (Å²) in [7, 11) is -2.15. The minimum Gasteiger partial charge on any atom is -0.393 e.